The van der Waals surface area contributed by atoms with Gasteiger partial charge in [-0.1, -0.05) is 13.0 Å². The molecular weight excluding hydrogens is 212 g/mol. The van der Waals surface area contributed by atoms with Gasteiger partial charge in [0.25, 0.3) is 0 Å². The molecular formula is C13H18N4. The summed E-state index contributed by atoms with van der Waals surface area (Å²) in [5, 5.41) is 4.22. The van der Waals surface area contributed by atoms with Crippen LogP contribution in [0.5, 0.6) is 0 Å². The second-order valence-corrected chi connectivity index (χ2v) is 4.36. The summed E-state index contributed by atoms with van der Waals surface area (Å²) in [6, 6.07) is 4.26. The lowest BCUT2D eigenvalue weighted by molar-refractivity contribution is 0.644. The van der Waals surface area contributed by atoms with Crippen molar-refractivity contribution in [2.45, 2.75) is 32.7 Å². The van der Waals surface area contributed by atoms with Crippen LogP contribution >= 0.6 is 0 Å². The number of pyridine rings is 1. The molecule has 0 aliphatic carbocycles. The maximum Gasteiger partial charge on any atom is 0.153 e. The summed E-state index contributed by atoms with van der Waals surface area (Å²) in [5.74, 6) is 0.840. The second-order valence-electron chi connectivity index (χ2n) is 4.36. The quantitative estimate of drug-likeness (QED) is 0.872. The predicted octanol–water partition coefficient (Wildman–Crippen LogP) is 1.86. The average molecular weight is 230 g/mol. The van der Waals surface area contributed by atoms with Crippen LogP contribution in [0, 0.1) is 6.92 Å². The van der Waals surface area contributed by atoms with E-state index in [0.29, 0.717) is 0 Å². The number of aryl methyl sites for hydroxylation is 1. The van der Waals surface area contributed by atoms with Crippen LogP contribution in [0.2, 0.25) is 0 Å². The first-order chi connectivity index (χ1) is 8.19. The highest BCUT2D eigenvalue weighted by Crippen LogP contribution is 2.08. The number of aromatic nitrogens is 3. The van der Waals surface area contributed by atoms with Crippen LogP contribution in [0.3, 0.4) is 0 Å². The summed E-state index contributed by atoms with van der Waals surface area (Å²) >= 11 is 0. The van der Waals surface area contributed by atoms with Gasteiger partial charge in [-0.2, -0.15) is 5.10 Å². The van der Waals surface area contributed by atoms with Gasteiger partial charge >= 0.3 is 0 Å². The molecule has 4 heteroatoms. The first-order valence-corrected chi connectivity index (χ1v) is 5.91. The van der Waals surface area contributed by atoms with E-state index >= 15 is 0 Å². The zero-order chi connectivity index (χ0) is 12.3. The average Bonchev–Trinajstić information content (AvgIpc) is 2.77. The maximum atomic E-state index is 5.91. The van der Waals surface area contributed by atoms with Crippen LogP contribution in [0.15, 0.2) is 30.7 Å². The van der Waals surface area contributed by atoms with Crippen molar-refractivity contribution < 1.29 is 0 Å². The maximum absolute atomic E-state index is 5.91. The Morgan fingerprint density at radius 3 is 2.71 bits per heavy atom. The minimum Gasteiger partial charge on any atom is -0.327 e. The summed E-state index contributed by atoms with van der Waals surface area (Å²) in [5.41, 5.74) is 8.21. The van der Waals surface area contributed by atoms with E-state index in [-0.39, 0.29) is 6.04 Å². The third-order valence-electron chi connectivity index (χ3n) is 2.78. The van der Waals surface area contributed by atoms with Gasteiger partial charge in [-0.15, -0.1) is 0 Å². The fourth-order valence-corrected chi connectivity index (χ4v) is 1.66. The SMILES string of the molecule is CCC(N)Cc1ccc(-n2cc(C)cn2)nc1. The number of hydrogen-bond acceptors (Lipinski definition) is 3. The van der Waals surface area contributed by atoms with Crippen LogP contribution in [-0.4, -0.2) is 20.8 Å². The van der Waals surface area contributed by atoms with Crippen LogP contribution in [0.25, 0.3) is 5.82 Å². The van der Waals surface area contributed by atoms with Crippen molar-refractivity contribution in [3.8, 4) is 5.82 Å². The van der Waals surface area contributed by atoms with E-state index in [0.717, 1.165) is 24.2 Å². The first-order valence-electron chi connectivity index (χ1n) is 5.91. The molecule has 0 spiro atoms. The Balaban J connectivity index is 2.13. The molecule has 17 heavy (non-hydrogen) atoms. The number of rotatable bonds is 4. The van der Waals surface area contributed by atoms with E-state index < -0.39 is 0 Å². The van der Waals surface area contributed by atoms with Gasteiger partial charge in [-0.25, -0.2) is 9.67 Å². The molecule has 2 N–H and O–H groups in total. The Morgan fingerprint density at radius 1 is 1.35 bits per heavy atom. The molecule has 4 nitrogen and oxygen atoms in total. The lowest BCUT2D eigenvalue weighted by Crippen LogP contribution is -2.21. The summed E-state index contributed by atoms with van der Waals surface area (Å²) in [4.78, 5) is 4.39. The highest BCUT2D eigenvalue weighted by molar-refractivity contribution is 5.25. The van der Waals surface area contributed by atoms with Gasteiger partial charge in [0.15, 0.2) is 5.82 Å². The number of hydrogen-bond donors (Lipinski definition) is 1. The number of nitrogens with zero attached hydrogens (tertiary/aromatic N) is 3. The topological polar surface area (TPSA) is 56.7 Å². The van der Waals surface area contributed by atoms with E-state index in [1.54, 1.807) is 4.68 Å². The van der Waals surface area contributed by atoms with Gasteiger partial charge < -0.3 is 5.73 Å². The first kappa shape index (κ1) is 11.8. The van der Waals surface area contributed by atoms with Crippen LogP contribution < -0.4 is 5.73 Å². The van der Waals surface area contributed by atoms with Gasteiger partial charge in [-0.3, -0.25) is 0 Å². The molecule has 2 aromatic heterocycles. The van der Waals surface area contributed by atoms with Crippen molar-refractivity contribution in [2.24, 2.45) is 5.73 Å². The molecule has 0 aliphatic rings. The van der Waals surface area contributed by atoms with Crippen molar-refractivity contribution in [1.82, 2.24) is 14.8 Å². The minimum atomic E-state index is 0.217. The molecule has 90 valence electrons. The summed E-state index contributed by atoms with van der Waals surface area (Å²) in [7, 11) is 0. The van der Waals surface area contributed by atoms with Crippen LogP contribution in [0.4, 0.5) is 0 Å². The van der Waals surface area contributed by atoms with Crippen molar-refractivity contribution in [1.29, 1.82) is 0 Å². The van der Waals surface area contributed by atoms with Crippen molar-refractivity contribution in [3.63, 3.8) is 0 Å². The standard InChI is InChI=1S/C13H18N4/c1-3-12(14)6-11-4-5-13(15-8-11)17-9-10(2)7-16-17/h4-5,7-9,12H,3,6,14H2,1-2H3. The second kappa shape index (κ2) is 5.10. The molecule has 1 atom stereocenters. The molecule has 0 radical (unpaired) electrons. The molecule has 1 unspecified atom stereocenters. The van der Waals surface area contributed by atoms with Crippen molar-refractivity contribution in [2.75, 3.05) is 0 Å². The molecule has 0 amide bonds. The fourth-order valence-electron chi connectivity index (χ4n) is 1.66. The van der Waals surface area contributed by atoms with Crippen LogP contribution in [0.1, 0.15) is 24.5 Å². The minimum absolute atomic E-state index is 0.217. The zero-order valence-electron chi connectivity index (χ0n) is 10.3. The van der Waals surface area contributed by atoms with Crippen molar-refractivity contribution in [3.05, 3.63) is 41.9 Å². The van der Waals surface area contributed by atoms with Gasteiger partial charge in [0.05, 0.1) is 6.20 Å². The molecule has 0 fully saturated rings. The molecule has 0 aliphatic heterocycles. The molecule has 0 saturated carbocycles. The highest BCUT2D eigenvalue weighted by Gasteiger charge is 2.03. The lowest BCUT2D eigenvalue weighted by Gasteiger charge is -2.08. The Bertz CT molecular complexity index is 472. The van der Waals surface area contributed by atoms with E-state index in [1.807, 2.05) is 31.6 Å². The van der Waals surface area contributed by atoms with Crippen molar-refractivity contribution >= 4 is 0 Å². The van der Waals surface area contributed by atoms with Gasteiger partial charge in [0.2, 0.25) is 0 Å². The highest BCUT2D eigenvalue weighted by atomic mass is 15.3. The molecule has 2 heterocycles. The largest absolute Gasteiger partial charge is 0.327 e. The van der Waals surface area contributed by atoms with E-state index in [2.05, 4.69) is 23.1 Å². The molecule has 0 saturated heterocycles. The summed E-state index contributed by atoms with van der Waals surface area (Å²) < 4.78 is 1.78. The van der Waals surface area contributed by atoms with E-state index in [1.165, 1.54) is 5.56 Å². The Morgan fingerprint density at radius 2 is 2.18 bits per heavy atom. The predicted molar refractivity (Wildman–Crippen MR) is 68.1 cm³/mol. The van der Waals surface area contributed by atoms with Gasteiger partial charge in [-0.05, 0) is 37.0 Å². The van der Waals surface area contributed by atoms with E-state index in [9.17, 15) is 0 Å². The molecule has 2 rings (SSSR count). The zero-order valence-corrected chi connectivity index (χ0v) is 10.3. The van der Waals surface area contributed by atoms with Gasteiger partial charge in [0, 0.05) is 18.4 Å². The lowest BCUT2D eigenvalue weighted by atomic mass is 10.1. The third kappa shape index (κ3) is 2.91. The summed E-state index contributed by atoms with van der Waals surface area (Å²) in [6.45, 7) is 4.11. The Labute approximate surface area is 101 Å². The van der Waals surface area contributed by atoms with Crippen LogP contribution in [-0.2, 0) is 6.42 Å². The third-order valence-corrected chi connectivity index (χ3v) is 2.78. The fraction of sp³-hybridized carbons (Fsp3) is 0.385. The smallest absolute Gasteiger partial charge is 0.153 e. The Kier molecular flexibility index (Phi) is 3.54. The molecule has 0 bridgehead atoms. The van der Waals surface area contributed by atoms with E-state index in [4.69, 9.17) is 5.73 Å². The summed E-state index contributed by atoms with van der Waals surface area (Å²) in [6.07, 6.45) is 7.52. The monoisotopic (exact) mass is 230 g/mol. The Hall–Kier alpha value is -1.68. The molecule has 0 aromatic carbocycles. The van der Waals surface area contributed by atoms with Gasteiger partial charge in [0.1, 0.15) is 0 Å². The molecule has 2 aromatic rings. The normalized spacial score (nSPS) is 12.6. The number of nitrogens with two attached hydrogens (primary N) is 1.